The normalized spacial score (nSPS) is 10.3. The van der Waals surface area contributed by atoms with E-state index in [0.717, 1.165) is 22.6 Å². The fourth-order valence-corrected chi connectivity index (χ4v) is 1.69. The number of aryl methyl sites for hydroxylation is 1. The zero-order valence-corrected chi connectivity index (χ0v) is 9.15. The van der Waals surface area contributed by atoms with Crippen molar-refractivity contribution in [2.45, 2.75) is 6.92 Å². The highest BCUT2D eigenvalue weighted by atomic mass is 16.5. The van der Waals surface area contributed by atoms with Crippen LogP contribution in [0, 0.1) is 6.92 Å². The molecular weight excluding hydrogens is 190 g/mol. The molecule has 0 aliphatic carbocycles. The summed E-state index contributed by atoms with van der Waals surface area (Å²) in [6.45, 7) is 2.04. The number of nitrogens with zero attached hydrogens (tertiary/aromatic N) is 1. The zero-order valence-electron chi connectivity index (χ0n) is 9.15. The Bertz CT molecular complexity index is 474. The number of hydrogen-bond donors (Lipinski definition) is 0. The van der Waals surface area contributed by atoms with Crippen molar-refractivity contribution in [3.05, 3.63) is 36.4 Å². The van der Waals surface area contributed by atoms with Crippen molar-refractivity contribution in [1.82, 2.24) is 0 Å². The van der Waals surface area contributed by atoms with Gasteiger partial charge < -0.3 is 9.15 Å². The number of aromatic nitrogens is 1. The molecule has 0 saturated carbocycles. The summed E-state index contributed by atoms with van der Waals surface area (Å²) in [5.74, 6) is 0.897. The average molecular weight is 204 g/mol. The first-order valence-corrected chi connectivity index (χ1v) is 4.80. The molecule has 2 rings (SSSR count). The third-order valence-electron chi connectivity index (χ3n) is 2.56. The Labute approximate surface area is 88.9 Å². The third kappa shape index (κ3) is 1.61. The van der Waals surface area contributed by atoms with Gasteiger partial charge in [-0.05, 0) is 19.1 Å². The first kappa shape index (κ1) is 9.77. The first-order valence-electron chi connectivity index (χ1n) is 4.80. The highest BCUT2D eigenvalue weighted by Gasteiger charge is 2.16. The van der Waals surface area contributed by atoms with E-state index in [-0.39, 0.29) is 0 Å². The summed E-state index contributed by atoms with van der Waals surface area (Å²) in [5, 5.41) is 0. The molecule has 0 aliphatic rings. The van der Waals surface area contributed by atoms with Crippen LogP contribution in [0.1, 0.15) is 5.56 Å². The van der Waals surface area contributed by atoms with Gasteiger partial charge in [-0.3, -0.25) is 0 Å². The molecule has 0 spiro atoms. The van der Waals surface area contributed by atoms with Crippen molar-refractivity contribution < 1.29 is 13.7 Å². The van der Waals surface area contributed by atoms with Gasteiger partial charge in [0.15, 0.2) is 6.26 Å². The maximum Gasteiger partial charge on any atom is 0.334 e. The first-order chi connectivity index (χ1) is 7.24. The molecule has 3 nitrogen and oxygen atoms in total. The molecule has 78 valence electrons. The lowest BCUT2D eigenvalue weighted by atomic mass is 10.1. The van der Waals surface area contributed by atoms with Crippen molar-refractivity contribution in [2.24, 2.45) is 7.05 Å². The summed E-state index contributed by atoms with van der Waals surface area (Å²) in [6.07, 6.45) is 3.41. The monoisotopic (exact) mass is 204 g/mol. The van der Waals surface area contributed by atoms with Crippen LogP contribution in [0.25, 0.3) is 11.3 Å². The van der Waals surface area contributed by atoms with Gasteiger partial charge in [0.1, 0.15) is 12.8 Å². The van der Waals surface area contributed by atoms with E-state index in [1.54, 1.807) is 19.8 Å². The van der Waals surface area contributed by atoms with Crippen molar-refractivity contribution in [2.75, 3.05) is 7.11 Å². The van der Waals surface area contributed by atoms with Crippen LogP contribution in [0.15, 0.2) is 35.3 Å². The van der Waals surface area contributed by atoms with E-state index < -0.39 is 0 Å². The van der Waals surface area contributed by atoms with Crippen LogP contribution in [0.3, 0.4) is 0 Å². The van der Waals surface area contributed by atoms with E-state index in [2.05, 4.69) is 6.07 Å². The average Bonchev–Trinajstić information content (AvgIpc) is 2.65. The molecule has 0 saturated heterocycles. The molecule has 3 heteroatoms. The maximum absolute atomic E-state index is 5.28. The summed E-state index contributed by atoms with van der Waals surface area (Å²) in [5.41, 5.74) is 3.30. The summed E-state index contributed by atoms with van der Waals surface area (Å²) < 4.78 is 12.4. The number of benzene rings is 1. The molecular formula is C12H14NO2+. The lowest BCUT2D eigenvalue weighted by Crippen LogP contribution is -2.27. The van der Waals surface area contributed by atoms with Crippen LogP contribution >= 0.6 is 0 Å². The highest BCUT2D eigenvalue weighted by Crippen LogP contribution is 2.27. The number of methoxy groups -OCH3 is 1. The number of hydrogen-bond acceptors (Lipinski definition) is 2. The summed E-state index contributed by atoms with van der Waals surface area (Å²) in [4.78, 5) is 0. The summed E-state index contributed by atoms with van der Waals surface area (Å²) in [6, 6.07) is 6.00. The number of ether oxygens (including phenoxy) is 1. The van der Waals surface area contributed by atoms with E-state index in [0.29, 0.717) is 0 Å². The Kier molecular flexibility index (Phi) is 2.46. The van der Waals surface area contributed by atoms with Gasteiger partial charge in [0, 0.05) is 5.56 Å². The van der Waals surface area contributed by atoms with Crippen LogP contribution in [0.4, 0.5) is 0 Å². The van der Waals surface area contributed by atoms with Gasteiger partial charge in [-0.2, -0.15) is 4.57 Å². The quantitative estimate of drug-likeness (QED) is 0.700. The van der Waals surface area contributed by atoms with Gasteiger partial charge in [0.25, 0.3) is 5.69 Å². The van der Waals surface area contributed by atoms with Crippen LogP contribution < -0.4 is 9.30 Å². The van der Waals surface area contributed by atoms with Crippen molar-refractivity contribution in [1.29, 1.82) is 0 Å². The Balaban J connectivity index is 2.59. The topological polar surface area (TPSA) is 26.2 Å². The molecule has 2 aromatic rings. The molecule has 0 N–H and O–H groups in total. The molecule has 1 heterocycles. The van der Waals surface area contributed by atoms with Crippen molar-refractivity contribution in [3.63, 3.8) is 0 Å². The van der Waals surface area contributed by atoms with Gasteiger partial charge in [-0.15, -0.1) is 0 Å². The van der Waals surface area contributed by atoms with Gasteiger partial charge >= 0.3 is 6.39 Å². The Morgan fingerprint density at radius 1 is 1.33 bits per heavy atom. The van der Waals surface area contributed by atoms with Crippen molar-refractivity contribution in [3.8, 4) is 17.0 Å². The molecule has 0 aliphatic heterocycles. The van der Waals surface area contributed by atoms with E-state index in [9.17, 15) is 0 Å². The standard InChI is InChI=1S/C12H14NO2/c1-9-10(5-4-6-12(9)14-3)11-7-15-8-13(11)2/h4-8H,1-3H3/q+1. The van der Waals surface area contributed by atoms with Gasteiger partial charge in [0.2, 0.25) is 0 Å². The molecule has 1 aromatic carbocycles. The van der Waals surface area contributed by atoms with E-state index in [4.69, 9.17) is 9.15 Å². The van der Waals surface area contributed by atoms with Gasteiger partial charge in [0.05, 0.1) is 12.7 Å². The van der Waals surface area contributed by atoms with Crippen molar-refractivity contribution >= 4 is 0 Å². The second-order valence-corrected chi connectivity index (χ2v) is 3.49. The lowest BCUT2D eigenvalue weighted by molar-refractivity contribution is -0.664. The molecule has 0 atom stereocenters. The van der Waals surface area contributed by atoms with Crippen LogP contribution in [0.2, 0.25) is 0 Å². The molecule has 1 aromatic heterocycles. The predicted molar refractivity (Wildman–Crippen MR) is 56.6 cm³/mol. The Morgan fingerprint density at radius 2 is 2.13 bits per heavy atom. The largest absolute Gasteiger partial charge is 0.496 e. The van der Waals surface area contributed by atoms with Crippen LogP contribution in [-0.4, -0.2) is 7.11 Å². The second-order valence-electron chi connectivity index (χ2n) is 3.49. The van der Waals surface area contributed by atoms with E-state index in [1.807, 2.05) is 30.7 Å². The second kappa shape index (κ2) is 3.77. The van der Waals surface area contributed by atoms with Crippen LogP contribution in [-0.2, 0) is 7.05 Å². The Hall–Kier alpha value is -1.77. The maximum atomic E-state index is 5.28. The lowest BCUT2D eigenvalue weighted by Gasteiger charge is -2.06. The number of oxazole rings is 1. The molecule has 0 bridgehead atoms. The predicted octanol–water partition coefficient (Wildman–Crippen LogP) is 2.09. The molecule has 0 unspecified atom stereocenters. The Morgan fingerprint density at radius 3 is 2.73 bits per heavy atom. The number of rotatable bonds is 2. The minimum Gasteiger partial charge on any atom is -0.496 e. The third-order valence-corrected chi connectivity index (χ3v) is 2.56. The zero-order chi connectivity index (χ0) is 10.8. The van der Waals surface area contributed by atoms with Crippen LogP contribution in [0.5, 0.6) is 5.75 Å². The van der Waals surface area contributed by atoms with E-state index >= 15 is 0 Å². The van der Waals surface area contributed by atoms with Gasteiger partial charge in [-0.25, -0.2) is 0 Å². The SMILES string of the molecule is COc1cccc(-c2coc[n+]2C)c1C. The van der Waals surface area contributed by atoms with E-state index in [1.165, 1.54) is 0 Å². The smallest absolute Gasteiger partial charge is 0.334 e. The van der Waals surface area contributed by atoms with Gasteiger partial charge in [-0.1, -0.05) is 6.07 Å². The fourth-order valence-electron chi connectivity index (χ4n) is 1.69. The minimum atomic E-state index is 0.897. The fraction of sp³-hybridized carbons (Fsp3) is 0.250. The summed E-state index contributed by atoms with van der Waals surface area (Å²) >= 11 is 0. The molecule has 15 heavy (non-hydrogen) atoms. The highest BCUT2D eigenvalue weighted by molar-refractivity contribution is 5.63. The molecule has 0 fully saturated rings. The minimum absolute atomic E-state index is 0.897. The summed E-state index contributed by atoms with van der Waals surface area (Å²) in [7, 11) is 3.64. The molecule has 0 radical (unpaired) electrons. The molecule has 0 amide bonds.